The van der Waals surface area contributed by atoms with Crippen LogP contribution < -0.4 is 0 Å². The summed E-state index contributed by atoms with van der Waals surface area (Å²) in [5, 5.41) is 0. The van der Waals surface area contributed by atoms with Crippen LogP contribution in [-0.4, -0.2) is 32.6 Å². The number of fused-ring (bicyclic) bond motifs is 4. The molecule has 6 nitrogen and oxygen atoms in total. The number of methoxy groups -OCH3 is 1. The predicted octanol–water partition coefficient (Wildman–Crippen LogP) is 8.52. The normalized spacial score (nSPS) is 12.9. The fourth-order valence-electron chi connectivity index (χ4n) is 6.01. The maximum absolute atomic E-state index is 12.9. The Morgan fingerprint density at radius 1 is 0.951 bits per heavy atom. The SMILES string of the molecule is CCCCC(C(=O)OC)c1ccc(-c2ccc3c(c2)Cc2cc(Br)ccc2-3)c(-c2ncnc3ncn(C(C)C)c23)c1. The fraction of sp³-hybridized carbons (Fsp3) is 0.294. The number of imidazole rings is 1. The standard InChI is InChI=1S/C34H33BrN4O2/c1-5-6-7-29(34(40)41-4)22-9-11-26(21-8-12-27-23(14-21)15-24-16-25(35)10-13-28(24)27)30(17-22)31-32-33(37-18-36-31)38-19-39(32)20(2)3/h8-14,16-20,29H,5-7,15H2,1-4H3. The minimum Gasteiger partial charge on any atom is -0.469 e. The Balaban J connectivity index is 1.55. The topological polar surface area (TPSA) is 69.9 Å². The number of hydrogen-bond acceptors (Lipinski definition) is 5. The molecule has 1 unspecified atom stereocenters. The van der Waals surface area contributed by atoms with Gasteiger partial charge in [-0.3, -0.25) is 4.79 Å². The molecule has 0 spiro atoms. The number of aromatic nitrogens is 4. The van der Waals surface area contributed by atoms with Crippen LogP contribution in [-0.2, 0) is 16.0 Å². The number of carbonyl (C=O) groups excluding carboxylic acids is 1. The summed E-state index contributed by atoms with van der Waals surface area (Å²) < 4.78 is 8.46. The molecule has 0 saturated carbocycles. The summed E-state index contributed by atoms with van der Waals surface area (Å²) in [5.41, 5.74) is 11.6. The van der Waals surface area contributed by atoms with Crippen LogP contribution in [0.3, 0.4) is 0 Å². The molecule has 0 saturated heterocycles. The number of nitrogens with zero attached hydrogens (tertiary/aromatic N) is 4. The monoisotopic (exact) mass is 608 g/mol. The third-order valence-corrected chi connectivity index (χ3v) is 8.60. The molecule has 1 aliphatic carbocycles. The summed E-state index contributed by atoms with van der Waals surface area (Å²) >= 11 is 3.63. The highest BCUT2D eigenvalue weighted by atomic mass is 79.9. The third-order valence-electron chi connectivity index (χ3n) is 8.11. The molecule has 41 heavy (non-hydrogen) atoms. The Morgan fingerprint density at radius 3 is 2.46 bits per heavy atom. The number of esters is 1. The molecule has 1 atom stereocenters. The summed E-state index contributed by atoms with van der Waals surface area (Å²) in [6, 6.07) is 19.8. The summed E-state index contributed by atoms with van der Waals surface area (Å²) in [5.74, 6) is -0.549. The molecular weight excluding hydrogens is 576 g/mol. The van der Waals surface area contributed by atoms with Gasteiger partial charge in [0.1, 0.15) is 17.5 Å². The molecule has 0 radical (unpaired) electrons. The Bertz CT molecular complexity index is 1770. The zero-order chi connectivity index (χ0) is 28.7. The first-order chi connectivity index (χ1) is 19.9. The van der Waals surface area contributed by atoms with Crippen LogP contribution >= 0.6 is 15.9 Å². The summed E-state index contributed by atoms with van der Waals surface area (Å²) in [4.78, 5) is 26.8. The van der Waals surface area contributed by atoms with Crippen LogP contribution in [0.4, 0.5) is 0 Å². The van der Waals surface area contributed by atoms with Gasteiger partial charge in [0.2, 0.25) is 0 Å². The lowest BCUT2D eigenvalue weighted by Crippen LogP contribution is -2.14. The molecule has 1 aliphatic rings. The molecular formula is C34H33BrN4O2. The van der Waals surface area contributed by atoms with Gasteiger partial charge in [-0.1, -0.05) is 72.1 Å². The Labute approximate surface area is 249 Å². The summed E-state index contributed by atoms with van der Waals surface area (Å²) in [6.07, 6.45) is 6.99. The largest absolute Gasteiger partial charge is 0.469 e. The molecule has 208 valence electrons. The van der Waals surface area contributed by atoms with E-state index >= 15 is 0 Å². The van der Waals surface area contributed by atoms with E-state index < -0.39 is 0 Å². The van der Waals surface area contributed by atoms with Crippen molar-refractivity contribution >= 4 is 33.1 Å². The number of ether oxygens (including phenoxy) is 1. The van der Waals surface area contributed by atoms with Crippen molar-refractivity contribution < 1.29 is 9.53 Å². The number of unbranched alkanes of at least 4 members (excludes halogenated alkanes) is 1. The fourth-order valence-corrected chi connectivity index (χ4v) is 6.42. The van der Waals surface area contributed by atoms with Gasteiger partial charge in [0.15, 0.2) is 5.65 Å². The van der Waals surface area contributed by atoms with Gasteiger partial charge in [0, 0.05) is 16.1 Å². The van der Waals surface area contributed by atoms with Gasteiger partial charge < -0.3 is 9.30 Å². The summed E-state index contributed by atoms with van der Waals surface area (Å²) in [7, 11) is 1.47. The second kappa shape index (κ2) is 11.2. The van der Waals surface area contributed by atoms with Crippen LogP contribution in [0.5, 0.6) is 0 Å². The average Bonchev–Trinajstić information content (AvgIpc) is 3.58. The Morgan fingerprint density at radius 2 is 1.71 bits per heavy atom. The molecule has 0 N–H and O–H groups in total. The van der Waals surface area contributed by atoms with Crippen molar-refractivity contribution in [3.8, 4) is 33.5 Å². The maximum Gasteiger partial charge on any atom is 0.313 e. The van der Waals surface area contributed by atoms with E-state index in [-0.39, 0.29) is 17.9 Å². The molecule has 3 aromatic carbocycles. The molecule has 0 aliphatic heterocycles. The van der Waals surface area contributed by atoms with Gasteiger partial charge in [0.05, 0.1) is 19.4 Å². The molecule has 7 heteroatoms. The lowest BCUT2D eigenvalue weighted by Gasteiger charge is -2.19. The van der Waals surface area contributed by atoms with Crippen LogP contribution in [0, 0.1) is 0 Å². The van der Waals surface area contributed by atoms with Gasteiger partial charge in [-0.2, -0.15) is 0 Å². The van der Waals surface area contributed by atoms with Crippen molar-refractivity contribution in [2.75, 3.05) is 7.11 Å². The number of halogens is 1. The van der Waals surface area contributed by atoms with E-state index in [4.69, 9.17) is 9.72 Å². The highest BCUT2D eigenvalue weighted by molar-refractivity contribution is 9.10. The van der Waals surface area contributed by atoms with Gasteiger partial charge in [0.25, 0.3) is 0 Å². The molecule has 6 rings (SSSR count). The number of carbonyl (C=O) groups is 1. The van der Waals surface area contributed by atoms with Gasteiger partial charge in [-0.15, -0.1) is 0 Å². The smallest absolute Gasteiger partial charge is 0.313 e. The minimum absolute atomic E-state index is 0.182. The lowest BCUT2D eigenvalue weighted by molar-refractivity contribution is -0.142. The molecule has 0 bridgehead atoms. The molecule has 0 fully saturated rings. The van der Waals surface area contributed by atoms with Crippen LogP contribution in [0.25, 0.3) is 44.7 Å². The maximum atomic E-state index is 12.9. The van der Waals surface area contributed by atoms with Crippen molar-refractivity contribution in [2.45, 2.75) is 58.4 Å². The first kappa shape index (κ1) is 27.3. The van der Waals surface area contributed by atoms with E-state index in [1.165, 1.54) is 29.4 Å². The van der Waals surface area contributed by atoms with E-state index in [9.17, 15) is 4.79 Å². The van der Waals surface area contributed by atoms with Gasteiger partial charge in [-0.05, 0) is 83.8 Å². The van der Waals surface area contributed by atoms with Crippen LogP contribution in [0.15, 0.2) is 71.7 Å². The van der Waals surface area contributed by atoms with Crippen molar-refractivity contribution in [1.29, 1.82) is 0 Å². The highest BCUT2D eigenvalue weighted by Crippen LogP contribution is 2.43. The van der Waals surface area contributed by atoms with Crippen LogP contribution in [0.2, 0.25) is 0 Å². The van der Waals surface area contributed by atoms with Crippen molar-refractivity contribution in [2.24, 2.45) is 0 Å². The number of benzene rings is 3. The first-order valence-electron chi connectivity index (χ1n) is 14.2. The van der Waals surface area contributed by atoms with E-state index in [0.717, 1.165) is 63.6 Å². The molecule has 2 aromatic heterocycles. The Hall–Kier alpha value is -3.84. The van der Waals surface area contributed by atoms with E-state index in [1.807, 2.05) is 6.33 Å². The Kier molecular flexibility index (Phi) is 7.47. The average molecular weight is 610 g/mol. The zero-order valence-electron chi connectivity index (χ0n) is 23.8. The second-order valence-electron chi connectivity index (χ2n) is 11.0. The summed E-state index contributed by atoms with van der Waals surface area (Å²) in [6.45, 7) is 6.39. The minimum atomic E-state index is -0.340. The zero-order valence-corrected chi connectivity index (χ0v) is 25.4. The molecule has 0 amide bonds. The van der Waals surface area contributed by atoms with E-state index in [1.54, 1.807) is 6.33 Å². The third kappa shape index (κ3) is 4.97. The quantitative estimate of drug-likeness (QED) is 0.162. The van der Waals surface area contributed by atoms with Crippen molar-refractivity contribution in [3.63, 3.8) is 0 Å². The number of hydrogen-bond donors (Lipinski definition) is 0. The highest BCUT2D eigenvalue weighted by Gasteiger charge is 2.25. The van der Waals surface area contributed by atoms with Gasteiger partial charge >= 0.3 is 5.97 Å². The molecule has 2 heterocycles. The van der Waals surface area contributed by atoms with Crippen molar-refractivity contribution in [3.05, 3.63) is 88.4 Å². The van der Waals surface area contributed by atoms with Crippen molar-refractivity contribution in [1.82, 2.24) is 19.5 Å². The predicted molar refractivity (Wildman–Crippen MR) is 167 cm³/mol. The lowest BCUT2D eigenvalue weighted by atomic mass is 9.87. The number of rotatable bonds is 8. The van der Waals surface area contributed by atoms with E-state index in [2.05, 4.69) is 106 Å². The van der Waals surface area contributed by atoms with Gasteiger partial charge in [-0.25, -0.2) is 15.0 Å². The first-order valence-corrected chi connectivity index (χ1v) is 15.0. The van der Waals surface area contributed by atoms with Crippen LogP contribution in [0.1, 0.15) is 68.7 Å². The second-order valence-corrected chi connectivity index (χ2v) is 11.9. The van der Waals surface area contributed by atoms with E-state index in [0.29, 0.717) is 5.65 Å². The molecule has 5 aromatic rings.